The molecule has 0 aromatic carbocycles. The number of hydrazone groups is 1. The summed E-state index contributed by atoms with van der Waals surface area (Å²) in [4.78, 5) is 0. The van der Waals surface area contributed by atoms with Crippen LogP contribution < -0.4 is 5.43 Å². The smallest absolute Gasteiger partial charge is 0.0414 e. The summed E-state index contributed by atoms with van der Waals surface area (Å²) < 4.78 is 0. The fraction of sp³-hybridized carbons (Fsp3) is 0.917. The van der Waals surface area contributed by atoms with Crippen molar-refractivity contribution in [3.63, 3.8) is 0 Å². The second-order valence-electron chi connectivity index (χ2n) is 4.90. The van der Waals surface area contributed by atoms with Crippen molar-refractivity contribution in [3.8, 4) is 0 Å². The molecular formula is C12H24N2. The van der Waals surface area contributed by atoms with Crippen LogP contribution in [0.15, 0.2) is 5.10 Å². The maximum atomic E-state index is 4.50. The lowest BCUT2D eigenvalue weighted by atomic mass is 9.99. The molecule has 0 aliphatic heterocycles. The van der Waals surface area contributed by atoms with Crippen LogP contribution in [0.5, 0.6) is 0 Å². The predicted octanol–water partition coefficient (Wildman–Crippen LogP) is 3.33. The molecule has 0 aromatic heterocycles. The third-order valence-corrected chi connectivity index (χ3v) is 2.70. The van der Waals surface area contributed by atoms with Crippen molar-refractivity contribution in [1.82, 2.24) is 5.43 Å². The van der Waals surface area contributed by atoms with Gasteiger partial charge in [0.2, 0.25) is 0 Å². The lowest BCUT2D eigenvalue weighted by Crippen LogP contribution is -2.24. The summed E-state index contributed by atoms with van der Waals surface area (Å²) in [5.41, 5.74) is 4.65. The van der Waals surface area contributed by atoms with E-state index in [-0.39, 0.29) is 0 Å². The minimum Gasteiger partial charge on any atom is -0.307 e. The third kappa shape index (κ3) is 4.64. The maximum absolute atomic E-state index is 4.50. The molecule has 0 amide bonds. The van der Waals surface area contributed by atoms with Gasteiger partial charge in [0, 0.05) is 11.8 Å². The Kier molecular flexibility index (Phi) is 4.99. The van der Waals surface area contributed by atoms with Gasteiger partial charge in [0.05, 0.1) is 0 Å². The Morgan fingerprint density at radius 2 is 1.79 bits per heavy atom. The SMILES string of the molecule is CC(C)CC(C)NN=C1CCCCC1. The molecule has 2 nitrogen and oxygen atoms in total. The van der Waals surface area contributed by atoms with Crippen molar-refractivity contribution in [1.29, 1.82) is 0 Å². The maximum Gasteiger partial charge on any atom is 0.0414 e. The van der Waals surface area contributed by atoms with E-state index in [0.717, 1.165) is 5.92 Å². The highest BCUT2D eigenvalue weighted by atomic mass is 15.3. The summed E-state index contributed by atoms with van der Waals surface area (Å²) in [5.74, 6) is 0.754. The van der Waals surface area contributed by atoms with Gasteiger partial charge in [-0.2, -0.15) is 5.10 Å². The Hall–Kier alpha value is -0.530. The molecule has 0 radical (unpaired) electrons. The molecule has 1 N–H and O–H groups in total. The van der Waals surface area contributed by atoms with Crippen molar-refractivity contribution in [2.45, 2.75) is 65.3 Å². The lowest BCUT2D eigenvalue weighted by Gasteiger charge is -2.17. The van der Waals surface area contributed by atoms with Gasteiger partial charge in [-0.25, -0.2) is 0 Å². The van der Waals surface area contributed by atoms with Gasteiger partial charge in [-0.05, 0) is 44.9 Å². The molecule has 0 saturated heterocycles. The van der Waals surface area contributed by atoms with E-state index in [2.05, 4.69) is 31.3 Å². The Labute approximate surface area is 88.2 Å². The second-order valence-corrected chi connectivity index (χ2v) is 4.90. The predicted molar refractivity (Wildman–Crippen MR) is 62.6 cm³/mol. The largest absolute Gasteiger partial charge is 0.307 e. The number of hydrogen-bond acceptors (Lipinski definition) is 2. The molecule has 1 aliphatic rings. The number of nitrogens with one attached hydrogen (secondary N) is 1. The summed E-state index contributed by atoms with van der Waals surface area (Å²) >= 11 is 0. The zero-order valence-corrected chi connectivity index (χ0v) is 9.84. The zero-order chi connectivity index (χ0) is 10.4. The van der Waals surface area contributed by atoms with Gasteiger partial charge in [-0.15, -0.1) is 0 Å². The molecule has 0 bridgehead atoms. The minimum absolute atomic E-state index is 0.518. The summed E-state index contributed by atoms with van der Waals surface area (Å²) in [5, 5.41) is 4.50. The van der Waals surface area contributed by atoms with E-state index in [4.69, 9.17) is 0 Å². The topological polar surface area (TPSA) is 24.4 Å². The van der Waals surface area contributed by atoms with Crippen LogP contribution in [0.4, 0.5) is 0 Å². The Balaban J connectivity index is 2.22. The van der Waals surface area contributed by atoms with Gasteiger partial charge in [-0.3, -0.25) is 0 Å². The van der Waals surface area contributed by atoms with E-state index in [1.54, 1.807) is 0 Å². The summed E-state index contributed by atoms with van der Waals surface area (Å²) in [6.07, 6.45) is 7.68. The van der Waals surface area contributed by atoms with E-state index >= 15 is 0 Å². The van der Waals surface area contributed by atoms with Gasteiger partial charge in [-0.1, -0.05) is 20.3 Å². The van der Waals surface area contributed by atoms with E-state index < -0.39 is 0 Å². The molecule has 14 heavy (non-hydrogen) atoms. The number of rotatable bonds is 4. The molecule has 1 saturated carbocycles. The van der Waals surface area contributed by atoms with E-state index in [1.165, 1.54) is 44.2 Å². The first-order valence-electron chi connectivity index (χ1n) is 5.99. The fourth-order valence-electron chi connectivity index (χ4n) is 2.03. The number of hydrogen-bond donors (Lipinski definition) is 1. The zero-order valence-electron chi connectivity index (χ0n) is 9.84. The molecule has 1 rings (SSSR count). The van der Waals surface area contributed by atoms with Gasteiger partial charge in [0.1, 0.15) is 0 Å². The molecule has 0 aromatic rings. The Morgan fingerprint density at radius 3 is 2.36 bits per heavy atom. The fourth-order valence-corrected chi connectivity index (χ4v) is 2.03. The van der Waals surface area contributed by atoms with Gasteiger partial charge in [0.15, 0.2) is 0 Å². The van der Waals surface area contributed by atoms with Crippen LogP contribution in [0.3, 0.4) is 0 Å². The van der Waals surface area contributed by atoms with Crippen molar-refractivity contribution >= 4 is 5.71 Å². The van der Waals surface area contributed by atoms with Crippen LogP contribution in [-0.4, -0.2) is 11.8 Å². The highest BCUT2D eigenvalue weighted by Crippen LogP contribution is 2.14. The van der Waals surface area contributed by atoms with E-state index in [0.29, 0.717) is 6.04 Å². The van der Waals surface area contributed by atoms with Gasteiger partial charge < -0.3 is 5.43 Å². The monoisotopic (exact) mass is 196 g/mol. The summed E-state index contributed by atoms with van der Waals surface area (Å²) in [6.45, 7) is 6.73. The molecular weight excluding hydrogens is 172 g/mol. The Bertz CT molecular complexity index is 177. The first kappa shape index (κ1) is 11.5. The Morgan fingerprint density at radius 1 is 1.14 bits per heavy atom. The second kappa shape index (κ2) is 6.05. The van der Waals surface area contributed by atoms with Crippen molar-refractivity contribution in [3.05, 3.63) is 0 Å². The lowest BCUT2D eigenvalue weighted by molar-refractivity contribution is 0.450. The molecule has 82 valence electrons. The van der Waals surface area contributed by atoms with E-state index in [9.17, 15) is 0 Å². The van der Waals surface area contributed by atoms with Crippen molar-refractivity contribution in [2.24, 2.45) is 11.0 Å². The first-order valence-corrected chi connectivity index (χ1v) is 5.99. The van der Waals surface area contributed by atoms with Crippen LogP contribution in [0.25, 0.3) is 0 Å². The van der Waals surface area contributed by atoms with Gasteiger partial charge in [0.25, 0.3) is 0 Å². The minimum atomic E-state index is 0.518. The molecule has 1 fully saturated rings. The quantitative estimate of drug-likeness (QED) is 0.685. The number of nitrogens with zero attached hydrogens (tertiary/aromatic N) is 1. The highest BCUT2D eigenvalue weighted by molar-refractivity contribution is 5.84. The summed E-state index contributed by atoms with van der Waals surface area (Å²) in [7, 11) is 0. The van der Waals surface area contributed by atoms with Gasteiger partial charge >= 0.3 is 0 Å². The summed E-state index contributed by atoms with van der Waals surface area (Å²) in [6, 6.07) is 0.518. The van der Waals surface area contributed by atoms with Crippen LogP contribution in [0.2, 0.25) is 0 Å². The van der Waals surface area contributed by atoms with Crippen LogP contribution in [-0.2, 0) is 0 Å². The average molecular weight is 196 g/mol. The first-order chi connectivity index (χ1) is 6.68. The third-order valence-electron chi connectivity index (χ3n) is 2.70. The van der Waals surface area contributed by atoms with Crippen molar-refractivity contribution in [2.75, 3.05) is 0 Å². The van der Waals surface area contributed by atoms with Crippen LogP contribution >= 0.6 is 0 Å². The standard InChI is InChI=1S/C12H24N2/c1-10(2)9-11(3)13-14-12-7-5-4-6-8-12/h10-11,13H,4-9H2,1-3H3. The molecule has 0 spiro atoms. The molecule has 1 unspecified atom stereocenters. The molecule has 1 aliphatic carbocycles. The molecule has 2 heteroatoms. The highest BCUT2D eigenvalue weighted by Gasteiger charge is 2.07. The van der Waals surface area contributed by atoms with Crippen LogP contribution in [0, 0.1) is 5.92 Å². The molecule has 1 atom stereocenters. The van der Waals surface area contributed by atoms with Crippen LogP contribution in [0.1, 0.15) is 59.3 Å². The normalized spacial score (nSPS) is 19.6. The molecule has 0 heterocycles. The van der Waals surface area contributed by atoms with Crippen molar-refractivity contribution < 1.29 is 0 Å². The van der Waals surface area contributed by atoms with E-state index in [1.807, 2.05) is 0 Å². The average Bonchev–Trinajstić information content (AvgIpc) is 2.15.